The lowest BCUT2D eigenvalue weighted by atomic mass is 10.1. The number of nitrogens with zero attached hydrogens (tertiary/aromatic N) is 1. The molecule has 2 aromatic carbocycles. The standard InChI is InChI=1S/C19H20ClN3O/c1-13-4-5-16(14(2)8-13)11-23(3)12-19(24)22-18-9-17(20)7-6-15(18)10-21/h4-9H,11-12H2,1-3H3,(H,22,24)/p+1. The summed E-state index contributed by atoms with van der Waals surface area (Å²) in [6, 6.07) is 13.2. The molecular formula is C19H21ClN3O+. The molecule has 5 heteroatoms. The summed E-state index contributed by atoms with van der Waals surface area (Å²) in [4.78, 5) is 13.3. The Morgan fingerprint density at radius 2 is 2.00 bits per heavy atom. The summed E-state index contributed by atoms with van der Waals surface area (Å²) in [5.74, 6) is -0.143. The maximum Gasteiger partial charge on any atom is 0.279 e. The van der Waals surface area contributed by atoms with Gasteiger partial charge in [0.25, 0.3) is 5.91 Å². The molecule has 1 amide bonds. The molecular weight excluding hydrogens is 322 g/mol. The van der Waals surface area contributed by atoms with Crippen LogP contribution in [0.3, 0.4) is 0 Å². The van der Waals surface area contributed by atoms with Crippen LogP contribution in [0, 0.1) is 25.2 Å². The highest BCUT2D eigenvalue weighted by Crippen LogP contribution is 2.20. The Balaban J connectivity index is 1.99. The normalized spacial score (nSPS) is 11.6. The number of anilines is 1. The van der Waals surface area contributed by atoms with Gasteiger partial charge in [0.05, 0.1) is 18.3 Å². The van der Waals surface area contributed by atoms with Crippen LogP contribution in [0.25, 0.3) is 0 Å². The lowest BCUT2D eigenvalue weighted by molar-refractivity contribution is -0.885. The van der Waals surface area contributed by atoms with E-state index in [4.69, 9.17) is 16.9 Å². The summed E-state index contributed by atoms with van der Waals surface area (Å²) < 4.78 is 0. The Bertz CT molecular complexity index is 796. The number of nitrogens with one attached hydrogen (secondary N) is 2. The molecule has 0 aliphatic heterocycles. The van der Waals surface area contributed by atoms with Gasteiger partial charge in [-0.15, -0.1) is 0 Å². The minimum Gasteiger partial charge on any atom is -0.326 e. The fourth-order valence-corrected chi connectivity index (χ4v) is 2.79. The van der Waals surface area contributed by atoms with Crippen molar-refractivity contribution in [2.24, 2.45) is 0 Å². The summed E-state index contributed by atoms with van der Waals surface area (Å²) in [5.41, 5.74) is 4.55. The SMILES string of the molecule is Cc1ccc(C[NH+](C)CC(=O)Nc2cc(Cl)ccc2C#N)c(C)c1. The number of carbonyl (C=O) groups is 1. The van der Waals surface area contributed by atoms with Crippen LogP contribution in [0.15, 0.2) is 36.4 Å². The molecule has 0 spiro atoms. The van der Waals surface area contributed by atoms with Gasteiger partial charge in [0, 0.05) is 10.6 Å². The van der Waals surface area contributed by atoms with Gasteiger partial charge in [0.1, 0.15) is 12.6 Å². The lowest BCUT2D eigenvalue weighted by Gasteiger charge is -2.16. The zero-order valence-corrected chi connectivity index (χ0v) is 14.9. The Labute approximate surface area is 147 Å². The summed E-state index contributed by atoms with van der Waals surface area (Å²) in [6.07, 6.45) is 0. The van der Waals surface area contributed by atoms with Crippen LogP contribution in [-0.4, -0.2) is 19.5 Å². The zero-order chi connectivity index (χ0) is 17.7. The van der Waals surface area contributed by atoms with Crippen LogP contribution in [0.2, 0.25) is 5.02 Å². The van der Waals surface area contributed by atoms with E-state index < -0.39 is 0 Å². The summed E-state index contributed by atoms with van der Waals surface area (Å²) >= 11 is 5.93. The molecule has 0 aliphatic rings. The summed E-state index contributed by atoms with van der Waals surface area (Å²) in [6.45, 7) is 5.23. The van der Waals surface area contributed by atoms with Crippen molar-refractivity contribution in [1.29, 1.82) is 5.26 Å². The van der Waals surface area contributed by atoms with E-state index in [2.05, 4.69) is 43.4 Å². The Kier molecular flexibility index (Phi) is 5.97. The first-order valence-corrected chi connectivity index (χ1v) is 8.13. The maximum absolute atomic E-state index is 12.2. The lowest BCUT2D eigenvalue weighted by Crippen LogP contribution is -3.08. The molecule has 0 saturated heterocycles. The summed E-state index contributed by atoms with van der Waals surface area (Å²) in [5, 5.41) is 12.4. The molecule has 1 atom stereocenters. The smallest absolute Gasteiger partial charge is 0.279 e. The second kappa shape index (κ2) is 7.96. The number of likely N-dealkylation sites (N-methyl/N-ethyl adjacent to an activating group) is 1. The third-order valence-corrected chi connectivity index (χ3v) is 4.06. The number of quaternary nitrogens is 1. The molecule has 124 valence electrons. The number of rotatable bonds is 5. The van der Waals surface area contributed by atoms with Crippen LogP contribution in [0.4, 0.5) is 5.69 Å². The van der Waals surface area contributed by atoms with Crippen LogP contribution >= 0.6 is 11.6 Å². The fourth-order valence-electron chi connectivity index (χ4n) is 2.62. The second-order valence-electron chi connectivity index (χ2n) is 6.09. The van der Waals surface area contributed by atoms with E-state index in [1.165, 1.54) is 16.7 Å². The third kappa shape index (κ3) is 4.82. The van der Waals surface area contributed by atoms with Crippen molar-refractivity contribution in [3.63, 3.8) is 0 Å². The molecule has 0 aromatic heterocycles. The van der Waals surface area contributed by atoms with E-state index in [9.17, 15) is 4.79 Å². The van der Waals surface area contributed by atoms with Crippen LogP contribution < -0.4 is 10.2 Å². The predicted octanol–water partition coefficient (Wildman–Crippen LogP) is 2.48. The third-order valence-electron chi connectivity index (χ3n) is 3.83. The van der Waals surface area contributed by atoms with Crippen LogP contribution in [0.5, 0.6) is 0 Å². The highest BCUT2D eigenvalue weighted by Gasteiger charge is 2.14. The van der Waals surface area contributed by atoms with E-state index in [0.717, 1.165) is 11.4 Å². The summed E-state index contributed by atoms with van der Waals surface area (Å²) in [7, 11) is 1.97. The number of aryl methyl sites for hydroxylation is 2. The van der Waals surface area contributed by atoms with E-state index in [1.807, 2.05) is 7.05 Å². The van der Waals surface area contributed by atoms with Gasteiger partial charge in [-0.2, -0.15) is 5.26 Å². The molecule has 0 bridgehead atoms. The largest absolute Gasteiger partial charge is 0.326 e. The fraction of sp³-hybridized carbons (Fsp3) is 0.263. The molecule has 24 heavy (non-hydrogen) atoms. The van der Waals surface area contributed by atoms with Gasteiger partial charge in [0.2, 0.25) is 0 Å². The number of carbonyl (C=O) groups excluding carboxylic acids is 1. The minimum absolute atomic E-state index is 0.143. The number of hydrogen-bond donors (Lipinski definition) is 2. The number of halogens is 1. The van der Waals surface area contributed by atoms with E-state index in [1.54, 1.807) is 18.2 Å². The van der Waals surface area contributed by atoms with Crippen LogP contribution in [-0.2, 0) is 11.3 Å². The van der Waals surface area contributed by atoms with Crippen molar-refractivity contribution in [1.82, 2.24) is 0 Å². The molecule has 1 unspecified atom stereocenters. The molecule has 4 nitrogen and oxygen atoms in total. The van der Waals surface area contributed by atoms with Gasteiger partial charge in [0.15, 0.2) is 6.54 Å². The topological polar surface area (TPSA) is 57.3 Å². The molecule has 0 aliphatic carbocycles. The monoisotopic (exact) mass is 342 g/mol. The van der Waals surface area contributed by atoms with Crippen molar-refractivity contribution < 1.29 is 9.69 Å². The van der Waals surface area contributed by atoms with Crippen LogP contribution in [0.1, 0.15) is 22.3 Å². The Morgan fingerprint density at radius 1 is 1.25 bits per heavy atom. The zero-order valence-electron chi connectivity index (χ0n) is 14.1. The predicted molar refractivity (Wildman–Crippen MR) is 96.2 cm³/mol. The van der Waals surface area contributed by atoms with Crippen molar-refractivity contribution >= 4 is 23.2 Å². The first kappa shape index (κ1) is 18.0. The maximum atomic E-state index is 12.2. The Morgan fingerprint density at radius 3 is 2.67 bits per heavy atom. The molecule has 2 N–H and O–H groups in total. The average Bonchev–Trinajstić information content (AvgIpc) is 2.50. The van der Waals surface area contributed by atoms with Crippen molar-refractivity contribution in [2.45, 2.75) is 20.4 Å². The van der Waals surface area contributed by atoms with Crippen molar-refractivity contribution in [3.8, 4) is 6.07 Å². The van der Waals surface area contributed by atoms with Crippen molar-refractivity contribution in [2.75, 3.05) is 18.9 Å². The Hall–Kier alpha value is -2.35. The average molecular weight is 343 g/mol. The first-order chi connectivity index (χ1) is 11.4. The highest BCUT2D eigenvalue weighted by atomic mass is 35.5. The molecule has 2 rings (SSSR count). The first-order valence-electron chi connectivity index (χ1n) is 7.76. The number of benzene rings is 2. The quantitative estimate of drug-likeness (QED) is 0.877. The van der Waals surface area contributed by atoms with Gasteiger partial charge in [-0.25, -0.2) is 0 Å². The van der Waals surface area contributed by atoms with E-state index in [0.29, 0.717) is 22.8 Å². The number of amides is 1. The minimum atomic E-state index is -0.143. The molecule has 2 aromatic rings. The second-order valence-corrected chi connectivity index (χ2v) is 6.53. The van der Waals surface area contributed by atoms with Gasteiger partial charge in [-0.3, -0.25) is 4.79 Å². The molecule has 0 radical (unpaired) electrons. The molecule has 0 saturated carbocycles. The van der Waals surface area contributed by atoms with Gasteiger partial charge in [-0.05, 0) is 37.6 Å². The molecule has 0 heterocycles. The van der Waals surface area contributed by atoms with Gasteiger partial charge < -0.3 is 10.2 Å². The van der Waals surface area contributed by atoms with E-state index in [-0.39, 0.29) is 5.91 Å². The number of nitriles is 1. The highest BCUT2D eigenvalue weighted by molar-refractivity contribution is 6.31. The number of hydrogen-bond acceptors (Lipinski definition) is 2. The van der Waals surface area contributed by atoms with Gasteiger partial charge in [-0.1, -0.05) is 35.4 Å². The molecule has 0 fully saturated rings. The van der Waals surface area contributed by atoms with E-state index >= 15 is 0 Å². The van der Waals surface area contributed by atoms with Gasteiger partial charge >= 0.3 is 0 Å². The van der Waals surface area contributed by atoms with Crippen molar-refractivity contribution in [3.05, 3.63) is 63.7 Å².